The molecule has 1 aromatic carbocycles. The third-order valence-corrected chi connectivity index (χ3v) is 2.56. The number of nitrogens with zero attached hydrogens (tertiary/aromatic N) is 2. The molecule has 1 N–H and O–H groups in total. The third kappa shape index (κ3) is 2.68. The Kier molecular flexibility index (Phi) is 3.19. The number of urea groups is 1. The number of hydrogen-bond donors (Lipinski definition) is 1. The fourth-order valence-electron chi connectivity index (χ4n) is 1.27. The van der Waals surface area contributed by atoms with Gasteiger partial charge in [-0.05, 0) is 18.2 Å². The molecule has 1 aromatic rings. The molecule has 88 valence electrons. The maximum atomic E-state index is 13.3. The second-order valence-corrected chi connectivity index (χ2v) is 4.24. The van der Waals surface area contributed by atoms with Crippen molar-refractivity contribution in [2.75, 3.05) is 6.54 Å². The molecule has 0 radical (unpaired) electrons. The molecule has 0 aliphatic carbocycles. The lowest BCUT2D eigenvalue weighted by molar-refractivity contribution is -0.118. The van der Waals surface area contributed by atoms with Crippen LogP contribution in [0.15, 0.2) is 27.8 Å². The molecule has 0 unspecified atom stereocenters. The second-order valence-electron chi connectivity index (χ2n) is 3.32. The van der Waals surface area contributed by atoms with Crippen molar-refractivity contribution < 1.29 is 14.0 Å². The standard InChI is InChI=1S/C10H7BrFN3O2/c11-7-1-2-8(12)6(3-7)4-13-15-5-9(16)14-10(15)17/h1-4H,5H2,(H,14,16,17)/b13-4+. The molecule has 1 heterocycles. The third-order valence-electron chi connectivity index (χ3n) is 2.07. The summed E-state index contributed by atoms with van der Waals surface area (Å²) in [6, 6.07) is 3.75. The fourth-order valence-corrected chi connectivity index (χ4v) is 1.65. The van der Waals surface area contributed by atoms with E-state index in [1.165, 1.54) is 18.3 Å². The first kappa shape index (κ1) is 11.7. The Morgan fingerprint density at radius 1 is 1.47 bits per heavy atom. The average molecular weight is 300 g/mol. The highest BCUT2D eigenvalue weighted by molar-refractivity contribution is 9.10. The van der Waals surface area contributed by atoms with Gasteiger partial charge >= 0.3 is 6.03 Å². The summed E-state index contributed by atoms with van der Waals surface area (Å²) >= 11 is 3.20. The number of nitrogens with one attached hydrogen (secondary N) is 1. The molecule has 1 aliphatic rings. The van der Waals surface area contributed by atoms with Gasteiger partial charge in [0.25, 0.3) is 0 Å². The van der Waals surface area contributed by atoms with Gasteiger partial charge in [-0.15, -0.1) is 0 Å². The molecule has 1 fully saturated rings. The van der Waals surface area contributed by atoms with Crippen LogP contribution in [0, 0.1) is 5.82 Å². The normalized spacial score (nSPS) is 15.8. The molecule has 1 aliphatic heterocycles. The number of amides is 3. The maximum Gasteiger partial charge on any atom is 0.344 e. The summed E-state index contributed by atoms with van der Waals surface area (Å²) in [7, 11) is 0. The fraction of sp³-hybridized carbons (Fsp3) is 0.100. The highest BCUT2D eigenvalue weighted by Crippen LogP contribution is 2.14. The van der Waals surface area contributed by atoms with Crippen molar-refractivity contribution in [3.63, 3.8) is 0 Å². The number of hydrazone groups is 1. The van der Waals surface area contributed by atoms with Gasteiger partial charge in [0.1, 0.15) is 12.4 Å². The lowest BCUT2D eigenvalue weighted by Crippen LogP contribution is -2.24. The molecular weight excluding hydrogens is 293 g/mol. The van der Waals surface area contributed by atoms with E-state index in [0.29, 0.717) is 4.47 Å². The number of hydrogen-bond acceptors (Lipinski definition) is 3. The summed E-state index contributed by atoms with van der Waals surface area (Å²) in [6.07, 6.45) is 1.19. The van der Waals surface area contributed by atoms with E-state index in [1.807, 2.05) is 0 Å². The van der Waals surface area contributed by atoms with Gasteiger partial charge in [0.15, 0.2) is 0 Å². The Labute approximate surface area is 104 Å². The van der Waals surface area contributed by atoms with Gasteiger partial charge in [0.2, 0.25) is 5.91 Å². The van der Waals surface area contributed by atoms with Crippen LogP contribution in [0.3, 0.4) is 0 Å². The van der Waals surface area contributed by atoms with E-state index in [2.05, 4.69) is 26.3 Å². The van der Waals surface area contributed by atoms with Crippen LogP contribution in [0.2, 0.25) is 0 Å². The molecule has 2 rings (SSSR count). The minimum Gasteiger partial charge on any atom is -0.275 e. The number of carbonyl (C=O) groups is 2. The number of benzene rings is 1. The van der Waals surface area contributed by atoms with Crippen LogP contribution >= 0.6 is 15.9 Å². The van der Waals surface area contributed by atoms with Crippen molar-refractivity contribution in [3.8, 4) is 0 Å². The Morgan fingerprint density at radius 2 is 2.24 bits per heavy atom. The highest BCUT2D eigenvalue weighted by atomic mass is 79.9. The summed E-state index contributed by atoms with van der Waals surface area (Å²) in [4.78, 5) is 22.0. The van der Waals surface area contributed by atoms with Gasteiger partial charge in [0.05, 0.1) is 6.21 Å². The van der Waals surface area contributed by atoms with E-state index in [0.717, 1.165) is 5.01 Å². The molecule has 0 atom stereocenters. The SMILES string of the molecule is O=C1CN(/N=C/c2cc(Br)ccc2F)C(=O)N1. The molecule has 17 heavy (non-hydrogen) atoms. The molecule has 0 aromatic heterocycles. The van der Waals surface area contributed by atoms with Crippen molar-refractivity contribution in [1.82, 2.24) is 10.3 Å². The van der Waals surface area contributed by atoms with Crippen LogP contribution in [0.4, 0.5) is 9.18 Å². The van der Waals surface area contributed by atoms with Gasteiger partial charge in [-0.25, -0.2) is 14.2 Å². The predicted octanol–water partition coefficient (Wildman–Crippen LogP) is 1.47. The smallest absolute Gasteiger partial charge is 0.275 e. The summed E-state index contributed by atoms with van der Waals surface area (Å²) < 4.78 is 14.0. The van der Waals surface area contributed by atoms with Crippen LogP contribution < -0.4 is 5.32 Å². The predicted molar refractivity (Wildman–Crippen MR) is 61.9 cm³/mol. The minimum atomic E-state index is -0.610. The monoisotopic (exact) mass is 299 g/mol. The molecule has 1 saturated heterocycles. The Balaban J connectivity index is 2.18. The topological polar surface area (TPSA) is 61.8 Å². The maximum absolute atomic E-state index is 13.3. The van der Waals surface area contributed by atoms with E-state index in [4.69, 9.17) is 0 Å². The Hall–Kier alpha value is -1.76. The summed E-state index contributed by atoms with van der Waals surface area (Å²) in [5, 5.41) is 6.74. The van der Waals surface area contributed by atoms with E-state index < -0.39 is 17.8 Å². The van der Waals surface area contributed by atoms with Gasteiger partial charge in [-0.1, -0.05) is 15.9 Å². The summed E-state index contributed by atoms with van der Waals surface area (Å²) in [5.41, 5.74) is 0.228. The lowest BCUT2D eigenvalue weighted by atomic mass is 10.2. The van der Waals surface area contributed by atoms with Crippen LogP contribution in [0.1, 0.15) is 5.56 Å². The largest absolute Gasteiger partial charge is 0.344 e. The number of carbonyl (C=O) groups excluding carboxylic acids is 2. The molecule has 0 saturated carbocycles. The van der Waals surface area contributed by atoms with Gasteiger partial charge < -0.3 is 0 Å². The molecule has 0 spiro atoms. The van der Waals surface area contributed by atoms with Gasteiger partial charge in [0, 0.05) is 10.0 Å². The van der Waals surface area contributed by atoms with Crippen LogP contribution in [0.5, 0.6) is 0 Å². The molecule has 3 amide bonds. The van der Waals surface area contributed by atoms with Gasteiger partial charge in [-0.2, -0.15) is 5.10 Å². The number of halogens is 2. The van der Waals surface area contributed by atoms with Crippen molar-refractivity contribution in [3.05, 3.63) is 34.1 Å². The average Bonchev–Trinajstić information content (AvgIpc) is 2.59. The zero-order chi connectivity index (χ0) is 12.4. The zero-order valence-corrected chi connectivity index (χ0v) is 10.1. The van der Waals surface area contributed by atoms with E-state index in [1.54, 1.807) is 6.07 Å². The molecular formula is C10H7BrFN3O2. The quantitative estimate of drug-likeness (QED) is 0.664. The number of imide groups is 1. The van der Waals surface area contributed by atoms with Crippen molar-refractivity contribution >= 4 is 34.1 Å². The molecule has 0 bridgehead atoms. The second kappa shape index (κ2) is 4.62. The zero-order valence-electron chi connectivity index (χ0n) is 8.48. The lowest BCUT2D eigenvalue weighted by Gasteiger charge is -2.04. The van der Waals surface area contributed by atoms with E-state index in [-0.39, 0.29) is 12.1 Å². The van der Waals surface area contributed by atoms with Crippen molar-refractivity contribution in [2.24, 2.45) is 5.10 Å². The first-order valence-corrected chi connectivity index (χ1v) is 5.46. The Bertz CT molecular complexity index is 518. The van der Waals surface area contributed by atoms with E-state index >= 15 is 0 Å². The Morgan fingerprint density at radius 3 is 2.88 bits per heavy atom. The van der Waals surface area contributed by atoms with Crippen molar-refractivity contribution in [1.29, 1.82) is 0 Å². The first-order valence-electron chi connectivity index (χ1n) is 4.66. The summed E-state index contributed by atoms with van der Waals surface area (Å²) in [5.74, 6) is -0.884. The van der Waals surface area contributed by atoms with E-state index in [9.17, 15) is 14.0 Å². The highest BCUT2D eigenvalue weighted by Gasteiger charge is 2.25. The number of rotatable bonds is 2. The molecule has 5 nitrogen and oxygen atoms in total. The van der Waals surface area contributed by atoms with Crippen LogP contribution in [-0.2, 0) is 4.79 Å². The molecule has 7 heteroatoms. The van der Waals surface area contributed by atoms with Crippen LogP contribution in [0.25, 0.3) is 0 Å². The van der Waals surface area contributed by atoms with Gasteiger partial charge in [-0.3, -0.25) is 10.1 Å². The first-order chi connectivity index (χ1) is 8.06. The minimum absolute atomic E-state index is 0.148. The summed E-state index contributed by atoms with van der Waals surface area (Å²) in [6.45, 7) is -0.148. The van der Waals surface area contributed by atoms with Crippen molar-refractivity contribution in [2.45, 2.75) is 0 Å². The van der Waals surface area contributed by atoms with Crippen LogP contribution in [-0.4, -0.2) is 29.7 Å².